The van der Waals surface area contributed by atoms with Gasteiger partial charge in [0.2, 0.25) is 0 Å². The van der Waals surface area contributed by atoms with Crippen molar-refractivity contribution in [2.24, 2.45) is 0 Å². The van der Waals surface area contributed by atoms with Crippen LogP contribution in [0.15, 0.2) is 42.5 Å². The molecule has 0 bridgehead atoms. The molecule has 0 saturated heterocycles. The van der Waals surface area contributed by atoms with Gasteiger partial charge in [0, 0.05) is 6.54 Å². The summed E-state index contributed by atoms with van der Waals surface area (Å²) in [6.45, 7) is 5.24. The van der Waals surface area contributed by atoms with Crippen molar-refractivity contribution in [1.82, 2.24) is 0 Å². The van der Waals surface area contributed by atoms with Crippen molar-refractivity contribution in [2.75, 3.05) is 11.9 Å². The highest BCUT2D eigenvalue weighted by atomic mass is 19.1. The van der Waals surface area contributed by atoms with Crippen LogP contribution >= 0.6 is 0 Å². The molecule has 106 valence electrons. The fourth-order valence-electron chi connectivity index (χ4n) is 1.93. The largest absolute Gasteiger partial charge is 0.494 e. The molecule has 0 aromatic heterocycles. The van der Waals surface area contributed by atoms with E-state index in [1.165, 1.54) is 6.07 Å². The van der Waals surface area contributed by atoms with Crippen molar-refractivity contribution >= 4 is 5.69 Å². The molecule has 0 fully saturated rings. The van der Waals surface area contributed by atoms with Gasteiger partial charge in [-0.15, -0.1) is 0 Å². The highest BCUT2D eigenvalue weighted by molar-refractivity contribution is 5.47. The molecule has 2 nitrogen and oxygen atoms in total. The van der Waals surface area contributed by atoms with Crippen LogP contribution in [0.5, 0.6) is 5.75 Å². The summed E-state index contributed by atoms with van der Waals surface area (Å²) in [7, 11) is 0. The van der Waals surface area contributed by atoms with E-state index in [0.717, 1.165) is 23.3 Å². The second kappa shape index (κ2) is 6.94. The third kappa shape index (κ3) is 3.98. The zero-order chi connectivity index (χ0) is 14.4. The van der Waals surface area contributed by atoms with Crippen LogP contribution in [0.4, 0.5) is 10.1 Å². The fourth-order valence-corrected chi connectivity index (χ4v) is 1.93. The zero-order valence-electron chi connectivity index (χ0n) is 11.9. The molecule has 0 aliphatic heterocycles. The predicted octanol–water partition coefficient (Wildman–Crippen LogP) is 4.54. The Morgan fingerprint density at radius 2 is 2.00 bits per heavy atom. The summed E-state index contributed by atoms with van der Waals surface area (Å²) >= 11 is 0. The molecule has 0 aliphatic rings. The average Bonchev–Trinajstić information content (AvgIpc) is 2.45. The van der Waals surface area contributed by atoms with Crippen LogP contribution in [0.2, 0.25) is 0 Å². The molecule has 0 unspecified atom stereocenters. The maximum atomic E-state index is 13.7. The minimum absolute atomic E-state index is 0.219. The summed E-state index contributed by atoms with van der Waals surface area (Å²) in [4.78, 5) is 0. The van der Waals surface area contributed by atoms with Gasteiger partial charge >= 0.3 is 0 Å². The number of anilines is 1. The second-order valence-electron chi connectivity index (χ2n) is 4.83. The Morgan fingerprint density at radius 3 is 2.75 bits per heavy atom. The van der Waals surface area contributed by atoms with Crippen molar-refractivity contribution in [3.05, 3.63) is 59.4 Å². The number of aryl methyl sites for hydroxylation is 1. The van der Waals surface area contributed by atoms with Crippen LogP contribution in [0, 0.1) is 12.7 Å². The first-order valence-corrected chi connectivity index (χ1v) is 6.91. The molecule has 0 atom stereocenters. The second-order valence-corrected chi connectivity index (χ2v) is 4.83. The van der Waals surface area contributed by atoms with E-state index in [4.69, 9.17) is 4.74 Å². The van der Waals surface area contributed by atoms with Crippen molar-refractivity contribution < 1.29 is 9.13 Å². The molecule has 1 N–H and O–H groups in total. The first-order chi connectivity index (χ1) is 9.69. The normalized spacial score (nSPS) is 10.3. The van der Waals surface area contributed by atoms with Crippen LogP contribution in [0.1, 0.15) is 24.5 Å². The van der Waals surface area contributed by atoms with Gasteiger partial charge in [0.25, 0.3) is 0 Å². The number of halogens is 1. The van der Waals surface area contributed by atoms with E-state index in [1.54, 1.807) is 6.07 Å². The van der Waals surface area contributed by atoms with Gasteiger partial charge < -0.3 is 10.1 Å². The topological polar surface area (TPSA) is 21.3 Å². The highest BCUT2D eigenvalue weighted by Gasteiger charge is 2.02. The minimum atomic E-state index is -0.219. The third-order valence-corrected chi connectivity index (χ3v) is 2.98. The predicted molar refractivity (Wildman–Crippen MR) is 80.7 cm³/mol. The van der Waals surface area contributed by atoms with E-state index in [2.05, 4.69) is 12.2 Å². The first-order valence-electron chi connectivity index (χ1n) is 6.91. The summed E-state index contributed by atoms with van der Waals surface area (Å²) in [5, 5.41) is 3.11. The van der Waals surface area contributed by atoms with E-state index in [0.29, 0.717) is 18.8 Å². The smallest absolute Gasteiger partial charge is 0.146 e. The van der Waals surface area contributed by atoms with Crippen LogP contribution in [0.3, 0.4) is 0 Å². The van der Waals surface area contributed by atoms with E-state index >= 15 is 0 Å². The Kier molecular flexibility index (Phi) is 4.99. The molecule has 0 amide bonds. The number of rotatable bonds is 6. The summed E-state index contributed by atoms with van der Waals surface area (Å²) in [6.07, 6.45) is 0.983. The van der Waals surface area contributed by atoms with Crippen LogP contribution in [-0.4, -0.2) is 6.61 Å². The molecule has 20 heavy (non-hydrogen) atoms. The van der Waals surface area contributed by atoms with Crippen molar-refractivity contribution in [1.29, 1.82) is 0 Å². The lowest BCUT2D eigenvalue weighted by Gasteiger charge is -2.10. The molecule has 0 saturated carbocycles. The molecule has 0 heterocycles. The standard InChI is InChI=1S/C17H20FNO/c1-3-9-20-15-6-4-5-14(11-15)12-19-17-8-7-13(2)10-16(17)18/h4-8,10-11,19H,3,9,12H2,1-2H3. The summed E-state index contributed by atoms with van der Waals surface area (Å²) in [6, 6.07) is 13.1. The van der Waals surface area contributed by atoms with E-state index in [9.17, 15) is 4.39 Å². The SMILES string of the molecule is CCCOc1cccc(CNc2ccc(C)cc2F)c1. The van der Waals surface area contributed by atoms with Crippen molar-refractivity contribution in [3.63, 3.8) is 0 Å². The number of benzene rings is 2. The maximum Gasteiger partial charge on any atom is 0.146 e. The Balaban J connectivity index is 1.99. The summed E-state index contributed by atoms with van der Waals surface area (Å²) in [5.41, 5.74) is 2.51. The quantitative estimate of drug-likeness (QED) is 0.834. The van der Waals surface area contributed by atoms with Gasteiger partial charge in [0.05, 0.1) is 12.3 Å². The molecular formula is C17H20FNO. The third-order valence-electron chi connectivity index (χ3n) is 2.98. The summed E-state index contributed by atoms with van der Waals surface area (Å²) < 4.78 is 19.3. The lowest BCUT2D eigenvalue weighted by Crippen LogP contribution is -2.02. The van der Waals surface area contributed by atoms with Gasteiger partial charge in [-0.2, -0.15) is 0 Å². The number of nitrogens with one attached hydrogen (secondary N) is 1. The average molecular weight is 273 g/mol. The van der Waals surface area contributed by atoms with E-state index in [1.807, 2.05) is 37.3 Å². The van der Waals surface area contributed by atoms with Gasteiger partial charge in [-0.3, -0.25) is 0 Å². The first kappa shape index (κ1) is 14.4. The van der Waals surface area contributed by atoms with Gasteiger partial charge in [0.1, 0.15) is 11.6 Å². The van der Waals surface area contributed by atoms with Crippen molar-refractivity contribution in [2.45, 2.75) is 26.8 Å². The molecule has 2 aromatic rings. The van der Waals surface area contributed by atoms with Gasteiger partial charge in [-0.25, -0.2) is 4.39 Å². The van der Waals surface area contributed by atoms with Gasteiger partial charge in [-0.1, -0.05) is 25.1 Å². The number of hydrogen-bond donors (Lipinski definition) is 1. The Bertz CT molecular complexity index is 569. The Labute approximate surface area is 119 Å². The molecule has 2 aromatic carbocycles. The Hall–Kier alpha value is -2.03. The molecule has 2 rings (SSSR count). The number of hydrogen-bond acceptors (Lipinski definition) is 2. The van der Waals surface area contributed by atoms with Crippen molar-refractivity contribution in [3.8, 4) is 5.75 Å². The van der Waals surface area contributed by atoms with Crippen LogP contribution in [0.25, 0.3) is 0 Å². The Morgan fingerprint density at radius 1 is 1.15 bits per heavy atom. The van der Waals surface area contributed by atoms with E-state index < -0.39 is 0 Å². The van der Waals surface area contributed by atoms with Crippen LogP contribution < -0.4 is 10.1 Å². The van der Waals surface area contributed by atoms with Crippen LogP contribution in [-0.2, 0) is 6.54 Å². The fraction of sp³-hybridized carbons (Fsp3) is 0.294. The summed E-state index contributed by atoms with van der Waals surface area (Å²) in [5.74, 6) is 0.638. The maximum absolute atomic E-state index is 13.7. The van der Waals surface area contributed by atoms with Gasteiger partial charge in [-0.05, 0) is 48.7 Å². The number of ether oxygens (including phenoxy) is 1. The van der Waals surface area contributed by atoms with E-state index in [-0.39, 0.29) is 5.82 Å². The lowest BCUT2D eigenvalue weighted by molar-refractivity contribution is 0.317. The molecule has 0 spiro atoms. The molecular weight excluding hydrogens is 253 g/mol. The van der Waals surface area contributed by atoms with Gasteiger partial charge in [0.15, 0.2) is 0 Å². The monoisotopic (exact) mass is 273 g/mol. The zero-order valence-corrected chi connectivity index (χ0v) is 11.9. The molecule has 3 heteroatoms. The highest BCUT2D eigenvalue weighted by Crippen LogP contribution is 2.18. The minimum Gasteiger partial charge on any atom is -0.494 e. The molecule has 0 radical (unpaired) electrons. The lowest BCUT2D eigenvalue weighted by atomic mass is 10.2. The molecule has 0 aliphatic carbocycles.